The van der Waals surface area contributed by atoms with E-state index in [4.69, 9.17) is 0 Å². The molecule has 0 aliphatic carbocycles. The number of halogens is 2. The average molecular weight is 408 g/mol. The summed E-state index contributed by atoms with van der Waals surface area (Å²) < 4.78 is 54.7. The van der Waals surface area contributed by atoms with E-state index < -0.39 is 26.6 Å². The van der Waals surface area contributed by atoms with Crippen LogP contribution in [0.5, 0.6) is 0 Å². The van der Waals surface area contributed by atoms with Gasteiger partial charge in [0.05, 0.1) is 5.69 Å². The normalized spacial score (nSPS) is 11.6. The van der Waals surface area contributed by atoms with Crippen molar-refractivity contribution in [1.29, 1.82) is 0 Å². The van der Waals surface area contributed by atoms with Crippen molar-refractivity contribution in [2.45, 2.75) is 18.7 Å². The predicted molar refractivity (Wildman–Crippen MR) is 98.7 cm³/mol. The number of hydrogen-bond acceptors (Lipinski definition) is 6. The Bertz CT molecular complexity index is 1100. The minimum Gasteiger partial charge on any atom is -0.369 e. The second-order valence-electron chi connectivity index (χ2n) is 6.00. The van der Waals surface area contributed by atoms with Crippen LogP contribution in [0, 0.1) is 25.5 Å². The molecule has 3 rings (SSSR count). The third kappa shape index (κ3) is 4.49. The van der Waals surface area contributed by atoms with Gasteiger partial charge in [-0.2, -0.15) is 5.10 Å². The fourth-order valence-electron chi connectivity index (χ4n) is 2.57. The fraction of sp³-hybridized carbons (Fsp3) is 0.235. The van der Waals surface area contributed by atoms with Gasteiger partial charge in [0.2, 0.25) is 10.0 Å². The molecule has 0 radical (unpaired) electrons. The summed E-state index contributed by atoms with van der Waals surface area (Å²) in [6.45, 7) is 3.94. The molecule has 0 fully saturated rings. The standard InChI is InChI=1S/C17H18F2N6O2S/c1-11-7-12(2)25(24-11)17-9-16(21-10-22-17)20-5-6-23-28(26,27)15-4-3-13(18)8-14(15)19/h3-4,7-10,23H,5-6H2,1-2H3,(H,20,21,22). The predicted octanol–water partition coefficient (Wildman–Crippen LogP) is 1.95. The first-order valence-corrected chi connectivity index (χ1v) is 9.79. The van der Waals surface area contributed by atoms with Crippen molar-refractivity contribution < 1.29 is 17.2 Å². The Balaban J connectivity index is 1.61. The zero-order chi connectivity index (χ0) is 20.3. The third-order valence-electron chi connectivity index (χ3n) is 3.79. The van der Waals surface area contributed by atoms with Gasteiger partial charge in [0, 0.05) is 30.9 Å². The summed E-state index contributed by atoms with van der Waals surface area (Å²) in [7, 11) is -4.09. The van der Waals surface area contributed by atoms with Gasteiger partial charge >= 0.3 is 0 Å². The lowest BCUT2D eigenvalue weighted by atomic mass is 10.3. The van der Waals surface area contributed by atoms with Crippen molar-refractivity contribution in [3.8, 4) is 5.82 Å². The van der Waals surface area contributed by atoms with Crippen LogP contribution in [0.25, 0.3) is 5.82 Å². The quantitative estimate of drug-likeness (QED) is 0.580. The molecular weight excluding hydrogens is 390 g/mol. The van der Waals surface area contributed by atoms with E-state index in [-0.39, 0.29) is 13.1 Å². The van der Waals surface area contributed by atoms with E-state index in [0.717, 1.165) is 23.5 Å². The van der Waals surface area contributed by atoms with Crippen molar-refractivity contribution >= 4 is 15.8 Å². The maximum absolute atomic E-state index is 13.7. The van der Waals surface area contributed by atoms with Crippen molar-refractivity contribution in [3.63, 3.8) is 0 Å². The highest BCUT2D eigenvalue weighted by Gasteiger charge is 2.18. The van der Waals surface area contributed by atoms with Gasteiger partial charge in [-0.25, -0.2) is 36.6 Å². The van der Waals surface area contributed by atoms with Gasteiger partial charge in [-0.1, -0.05) is 0 Å². The van der Waals surface area contributed by atoms with Gasteiger partial charge in [0.25, 0.3) is 0 Å². The van der Waals surface area contributed by atoms with Gasteiger partial charge in [-0.05, 0) is 32.0 Å². The SMILES string of the molecule is Cc1cc(C)n(-c2cc(NCCNS(=O)(=O)c3ccc(F)cc3F)ncn2)n1. The number of nitrogens with one attached hydrogen (secondary N) is 2. The monoisotopic (exact) mass is 408 g/mol. The molecule has 0 bridgehead atoms. The van der Waals surface area contributed by atoms with Crippen LogP contribution in [0.4, 0.5) is 14.6 Å². The van der Waals surface area contributed by atoms with Crippen LogP contribution >= 0.6 is 0 Å². The summed E-state index contributed by atoms with van der Waals surface area (Å²) >= 11 is 0. The van der Waals surface area contributed by atoms with Crippen LogP contribution in [0.3, 0.4) is 0 Å². The summed E-state index contributed by atoms with van der Waals surface area (Å²) in [4.78, 5) is 7.64. The number of hydrogen-bond donors (Lipinski definition) is 2. The van der Waals surface area contributed by atoms with Gasteiger partial charge in [0.1, 0.15) is 28.7 Å². The molecule has 0 aliphatic rings. The highest BCUT2D eigenvalue weighted by atomic mass is 32.2. The van der Waals surface area contributed by atoms with Crippen LogP contribution in [0.2, 0.25) is 0 Å². The fourth-order valence-corrected chi connectivity index (χ4v) is 3.66. The molecule has 0 saturated carbocycles. The van der Waals surface area contributed by atoms with Crippen LogP contribution in [-0.2, 0) is 10.0 Å². The Morgan fingerprint density at radius 2 is 1.86 bits per heavy atom. The van der Waals surface area contributed by atoms with Crippen LogP contribution < -0.4 is 10.0 Å². The van der Waals surface area contributed by atoms with E-state index >= 15 is 0 Å². The molecule has 11 heteroatoms. The van der Waals surface area contributed by atoms with Crippen molar-refractivity contribution in [3.05, 3.63) is 59.7 Å². The smallest absolute Gasteiger partial charge is 0.243 e. The lowest BCUT2D eigenvalue weighted by Gasteiger charge is -2.10. The Morgan fingerprint density at radius 3 is 2.54 bits per heavy atom. The minimum absolute atomic E-state index is 0.0294. The summed E-state index contributed by atoms with van der Waals surface area (Å²) in [5.41, 5.74) is 1.77. The van der Waals surface area contributed by atoms with Gasteiger partial charge in [0.15, 0.2) is 5.82 Å². The zero-order valence-electron chi connectivity index (χ0n) is 15.1. The number of anilines is 1. The second-order valence-corrected chi connectivity index (χ2v) is 7.74. The first-order valence-electron chi connectivity index (χ1n) is 8.30. The lowest BCUT2D eigenvalue weighted by molar-refractivity contribution is 0.543. The number of benzene rings is 1. The highest BCUT2D eigenvalue weighted by molar-refractivity contribution is 7.89. The zero-order valence-corrected chi connectivity index (χ0v) is 16.0. The number of sulfonamides is 1. The highest BCUT2D eigenvalue weighted by Crippen LogP contribution is 2.15. The van der Waals surface area contributed by atoms with E-state index in [1.54, 1.807) is 10.7 Å². The molecule has 0 unspecified atom stereocenters. The van der Waals surface area contributed by atoms with E-state index in [0.29, 0.717) is 17.7 Å². The number of rotatable bonds is 7. The molecule has 0 amide bonds. The first kappa shape index (κ1) is 19.8. The van der Waals surface area contributed by atoms with Crippen molar-refractivity contribution in [2.75, 3.05) is 18.4 Å². The Kier molecular flexibility index (Phi) is 5.66. The van der Waals surface area contributed by atoms with Gasteiger partial charge < -0.3 is 5.32 Å². The molecule has 2 aromatic heterocycles. The average Bonchev–Trinajstić information content (AvgIpc) is 2.97. The van der Waals surface area contributed by atoms with Gasteiger partial charge in [-0.3, -0.25) is 0 Å². The van der Waals surface area contributed by atoms with E-state index in [1.807, 2.05) is 19.9 Å². The third-order valence-corrected chi connectivity index (χ3v) is 5.28. The molecule has 148 valence electrons. The summed E-state index contributed by atoms with van der Waals surface area (Å²) in [5.74, 6) is -0.951. The molecule has 1 aromatic carbocycles. The molecular formula is C17H18F2N6O2S. The molecule has 3 aromatic rings. The number of nitrogens with zero attached hydrogens (tertiary/aromatic N) is 4. The second kappa shape index (κ2) is 7.98. The maximum Gasteiger partial charge on any atom is 0.243 e. The Labute approximate surface area is 160 Å². The number of aryl methyl sites for hydroxylation is 2. The molecule has 8 nitrogen and oxygen atoms in total. The van der Waals surface area contributed by atoms with Crippen molar-refractivity contribution in [1.82, 2.24) is 24.5 Å². The molecule has 2 heterocycles. The molecule has 0 saturated heterocycles. The van der Waals surface area contributed by atoms with E-state index in [2.05, 4.69) is 25.1 Å². The topological polar surface area (TPSA) is 102 Å². The minimum atomic E-state index is -4.09. The molecule has 2 N–H and O–H groups in total. The van der Waals surface area contributed by atoms with E-state index in [9.17, 15) is 17.2 Å². The maximum atomic E-state index is 13.7. The molecule has 0 atom stereocenters. The van der Waals surface area contributed by atoms with Crippen molar-refractivity contribution in [2.24, 2.45) is 0 Å². The number of aromatic nitrogens is 4. The van der Waals surface area contributed by atoms with Crippen LogP contribution in [0.15, 0.2) is 41.6 Å². The molecule has 0 aliphatic heterocycles. The Morgan fingerprint density at radius 1 is 1.07 bits per heavy atom. The van der Waals surface area contributed by atoms with E-state index in [1.165, 1.54) is 6.33 Å². The summed E-state index contributed by atoms with van der Waals surface area (Å²) in [6.07, 6.45) is 1.37. The first-order chi connectivity index (χ1) is 13.3. The van der Waals surface area contributed by atoms with Crippen LogP contribution in [0.1, 0.15) is 11.4 Å². The summed E-state index contributed by atoms with van der Waals surface area (Å²) in [5, 5.41) is 7.30. The molecule has 28 heavy (non-hydrogen) atoms. The van der Waals surface area contributed by atoms with Gasteiger partial charge in [-0.15, -0.1) is 0 Å². The molecule has 0 spiro atoms. The lowest BCUT2D eigenvalue weighted by Crippen LogP contribution is -2.29. The van der Waals surface area contributed by atoms with Crippen LogP contribution in [-0.4, -0.2) is 41.3 Å². The summed E-state index contributed by atoms with van der Waals surface area (Å²) in [6, 6.07) is 5.88. The largest absolute Gasteiger partial charge is 0.369 e. The Hall–Kier alpha value is -2.92.